The minimum Gasteiger partial charge on any atom is -0.425 e. The Bertz CT molecular complexity index is 742. The van der Waals surface area contributed by atoms with Crippen molar-refractivity contribution in [1.82, 2.24) is 4.72 Å². The highest BCUT2D eigenvalue weighted by molar-refractivity contribution is 7.88. The van der Waals surface area contributed by atoms with Crippen LogP contribution in [0.25, 0.3) is 0 Å². The number of nitrogens with one attached hydrogen (secondary N) is 1. The van der Waals surface area contributed by atoms with Gasteiger partial charge < -0.3 is 4.74 Å². The number of para-hydroxylation sites is 1. The number of carbonyl (C=O) groups excluding carboxylic acids is 1. The summed E-state index contributed by atoms with van der Waals surface area (Å²) in [4.78, 5) is 11.7. The molecule has 0 spiro atoms. The topological polar surface area (TPSA) is 72.5 Å². The highest BCUT2D eigenvalue weighted by atomic mass is 32.2. The molecule has 0 aliphatic carbocycles. The monoisotopic (exact) mass is 319 g/mol. The maximum absolute atomic E-state index is 11.9. The summed E-state index contributed by atoms with van der Waals surface area (Å²) < 4.78 is 31.2. The molecule has 0 saturated heterocycles. The van der Waals surface area contributed by atoms with Gasteiger partial charge in [-0.1, -0.05) is 48.5 Å². The molecular weight excluding hydrogens is 302 g/mol. The lowest BCUT2D eigenvalue weighted by atomic mass is 10.2. The van der Waals surface area contributed by atoms with Gasteiger partial charge in [-0.2, -0.15) is 0 Å². The number of rotatable bonds is 6. The molecule has 0 unspecified atom stereocenters. The number of esters is 1. The number of hydrogen-bond acceptors (Lipinski definition) is 4. The first-order valence-electron chi connectivity index (χ1n) is 6.74. The van der Waals surface area contributed by atoms with E-state index in [0.717, 1.165) is 5.56 Å². The standard InChI is InChI=1S/C16H17NO4S/c1-13-7-5-6-10-15(13)21-16(18)11-17-22(19,20)12-14-8-3-2-4-9-14/h2-10,17H,11-12H2,1H3. The van der Waals surface area contributed by atoms with Crippen molar-refractivity contribution in [3.8, 4) is 5.75 Å². The summed E-state index contributed by atoms with van der Waals surface area (Å²) >= 11 is 0. The maximum atomic E-state index is 11.9. The van der Waals surface area contributed by atoms with Crippen LogP contribution in [-0.2, 0) is 20.6 Å². The average molecular weight is 319 g/mol. The summed E-state index contributed by atoms with van der Waals surface area (Å²) in [6, 6.07) is 15.8. The van der Waals surface area contributed by atoms with E-state index in [0.29, 0.717) is 11.3 Å². The fraction of sp³-hybridized carbons (Fsp3) is 0.188. The largest absolute Gasteiger partial charge is 0.425 e. The Hall–Kier alpha value is -2.18. The summed E-state index contributed by atoms with van der Waals surface area (Å²) in [6.07, 6.45) is 0. The number of sulfonamides is 1. The summed E-state index contributed by atoms with van der Waals surface area (Å²) in [7, 11) is -3.58. The van der Waals surface area contributed by atoms with Crippen LogP contribution < -0.4 is 9.46 Å². The fourth-order valence-corrected chi connectivity index (χ4v) is 2.91. The second kappa shape index (κ2) is 7.20. The molecule has 0 radical (unpaired) electrons. The highest BCUT2D eigenvalue weighted by Gasteiger charge is 2.14. The van der Waals surface area contributed by atoms with Crippen molar-refractivity contribution in [3.05, 3.63) is 65.7 Å². The van der Waals surface area contributed by atoms with Crippen molar-refractivity contribution < 1.29 is 17.9 Å². The molecule has 0 aromatic heterocycles. The highest BCUT2D eigenvalue weighted by Crippen LogP contribution is 2.16. The van der Waals surface area contributed by atoms with Crippen LogP contribution in [-0.4, -0.2) is 20.9 Å². The molecule has 2 aromatic rings. The molecular formula is C16H17NO4S. The van der Waals surface area contributed by atoms with E-state index in [9.17, 15) is 13.2 Å². The second-order valence-corrected chi connectivity index (χ2v) is 6.61. The van der Waals surface area contributed by atoms with Crippen LogP contribution in [0.2, 0.25) is 0 Å². The van der Waals surface area contributed by atoms with Crippen LogP contribution in [0.1, 0.15) is 11.1 Å². The molecule has 0 heterocycles. The number of benzene rings is 2. The van der Waals surface area contributed by atoms with Crippen LogP contribution >= 0.6 is 0 Å². The Morgan fingerprint density at radius 3 is 2.36 bits per heavy atom. The molecule has 116 valence electrons. The Balaban J connectivity index is 1.89. The SMILES string of the molecule is Cc1ccccc1OC(=O)CNS(=O)(=O)Cc1ccccc1. The minimum atomic E-state index is -3.58. The molecule has 1 N–H and O–H groups in total. The van der Waals surface area contributed by atoms with Gasteiger partial charge in [0.1, 0.15) is 12.3 Å². The van der Waals surface area contributed by atoms with Gasteiger partial charge in [0.15, 0.2) is 0 Å². The maximum Gasteiger partial charge on any atom is 0.326 e. The molecule has 0 atom stereocenters. The van der Waals surface area contributed by atoms with Crippen molar-refractivity contribution in [2.75, 3.05) is 6.54 Å². The van der Waals surface area contributed by atoms with E-state index in [4.69, 9.17) is 4.74 Å². The van der Waals surface area contributed by atoms with Gasteiger partial charge in [0.05, 0.1) is 5.75 Å². The molecule has 0 saturated carbocycles. The van der Waals surface area contributed by atoms with E-state index in [2.05, 4.69) is 4.72 Å². The average Bonchev–Trinajstić information content (AvgIpc) is 2.48. The van der Waals surface area contributed by atoms with Crippen LogP contribution in [0.15, 0.2) is 54.6 Å². The van der Waals surface area contributed by atoms with E-state index in [1.807, 2.05) is 25.1 Å². The van der Waals surface area contributed by atoms with E-state index in [1.165, 1.54) is 0 Å². The Morgan fingerprint density at radius 2 is 1.68 bits per heavy atom. The second-order valence-electron chi connectivity index (χ2n) is 4.81. The van der Waals surface area contributed by atoms with Crippen LogP contribution in [0.5, 0.6) is 5.75 Å². The van der Waals surface area contributed by atoms with E-state index >= 15 is 0 Å². The van der Waals surface area contributed by atoms with Crippen molar-refractivity contribution >= 4 is 16.0 Å². The lowest BCUT2D eigenvalue weighted by molar-refractivity contribution is -0.133. The van der Waals surface area contributed by atoms with Gasteiger partial charge in [0.25, 0.3) is 0 Å². The summed E-state index contributed by atoms with van der Waals surface area (Å²) in [5.74, 6) is -0.397. The molecule has 0 fully saturated rings. The molecule has 0 aliphatic rings. The van der Waals surface area contributed by atoms with Gasteiger partial charge in [-0.3, -0.25) is 4.79 Å². The first-order chi connectivity index (χ1) is 10.5. The third-order valence-electron chi connectivity index (χ3n) is 2.95. The summed E-state index contributed by atoms with van der Waals surface area (Å²) in [5.41, 5.74) is 1.46. The van der Waals surface area contributed by atoms with Crippen molar-refractivity contribution in [2.24, 2.45) is 0 Å². The van der Waals surface area contributed by atoms with Crippen LogP contribution in [0.4, 0.5) is 0 Å². The van der Waals surface area contributed by atoms with Gasteiger partial charge in [0.2, 0.25) is 10.0 Å². The quantitative estimate of drug-likeness (QED) is 0.653. The number of aryl methyl sites for hydroxylation is 1. The molecule has 6 heteroatoms. The van der Waals surface area contributed by atoms with Gasteiger partial charge in [0, 0.05) is 0 Å². The predicted octanol–water partition coefficient (Wildman–Crippen LogP) is 2.02. The first-order valence-corrected chi connectivity index (χ1v) is 8.39. The minimum absolute atomic E-state index is 0.175. The smallest absolute Gasteiger partial charge is 0.326 e. The van der Waals surface area contributed by atoms with Crippen molar-refractivity contribution in [1.29, 1.82) is 0 Å². The molecule has 2 aromatic carbocycles. The molecule has 2 rings (SSSR count). The number of ether oxygens (including phenoxy) is 1. The summed E-state index contributed by atoms with van der Waals surface area (Å²) in [5, 5.41) is 0. The number of hydrogen-bond donors (Lipinski definition) is 1. The molecule has 5 nitrogen and oxygen atoms in total. The molecule has 0 amide bonds. The summed E-state index contributed by atoms with van der Waals surface area (Å²) in [6.45, 7) is 1.41. The van der Waals surface area contributed by atoms with Crippen LogP contribution in [0.3, 0.4) is 0 Å². The van der Waals surface area contributed by atoms with Gasteiger partial charge in [-0.15, -0.1) is 0 Å². The fourth-order valence-electron chi connectivity index (χ4n) is 1.84. The Labute approximate surface area is 130 Å². The molecule has 0 bridgehead atoms. The van der Waals surface area contributed by atoms with E-state index < -0.39 is 22.5 Å². The zero-order chi connectivity index (χ0) is 16.0. The third-order valence-corrected chi connectivity index (χ3v) is 4.25. The molecule has 0 aliphatic heterocycles. The predicted molar refractivity (Wildman–Crippen MR) is 83.9 cm³/mol. The normalized spacial score (nSPS) is 11.1. The first kappa shape index (κ1) is 16.2. The van der Waals surface area contributed by atoms with Gasteiger partial charge in [-0.05, 0) is 24.1 Å². The van der Waals surface area contributed by atoms with E-state index in [1.54, 1.807) is 36.4 Å². The van der Waals surface area contributed by atoms with Crippen molar-refractivity contribution in [2.45, 2.75) is 12.7 Å². The molecule has 22 heavy (non-hydrogen) atoms. The Morgan fingerprint density at radius 1 is 1.05 bits per heavy atom. The zero-order valence-corrected chi connectivity index (χ0v) is 13.0. The van der Waals surface area contributed by atoms with Crippen molar-refractivity contribution in [3.63, 3.8) is 0 Å². The lowest BCUT2D eigenvalue weighted by Gasteiger charge is -2.08. The van der Waals surface area contributed by atoms with Crippen LogP contribution in [0, 0.1) is 6.92 Å². The number of carbonyl (C=O) groups is 1. The van der Waals surface area contributed by atoms with Gasteiger partial charge >= 0.3 is 5.97 Å². The van der Waals surface area contributed by atoms with Gasteiger partial charge in [-0.25, -0.2) is 13.1 Å². The zero-order valence-electron chi connectivity index (χ0n) is 12.2. The lowest BCUT2D eigenvalue weighted by Crippen LogP contribution is -2.32. The van der Waals surface area contributed by atoms with E-state index in [-0.39, 0.29) is 5.75 Å². The third kappa shape index (κ3) is 4.98. The Kier molecular flexibility index (Phi) is 5.30.